The monoisotopic (exact) mass is 485 g/mol. The maximum atomic E-state index is 13.2. The van der Waals surface area contributed by atoms with Gasteiger partial charge in [-0.25, -0.2) is 0 Å². The highest BCUT2D eigenvalue weighted by Gasteiger charge is 2.24. The third-order valence-electron chi connectivity index (χ3n) is 6.77. The number of hydrogen-bond acceptors (Lipinski definition) is 5. The Balaban J connectivity index is 1.30. The fraction of sp³-hybridized carbons (Fsp3) is 0.296. The lowest BCUT2D eigenvalue weighted by atomic mass is 10.1. The molecule has 178 valence electrons. The van der Waals surface area contributed by atoms with Crippen molar-refractivity contribution in [3.05, 3.63) is 66.0 Å². The molecule has 0 radical (unpaired) electrons. The van der Waals surface area contributed by atoms with Gasteiger partial charge in [0.05, 0.1) is 18.4 Å². The molecule has 7 nitrogen and oxygen atoms in total. The van der Waals surface area contributed by atoms with Crippen molar-refractivity contribution < 1.29 is 9.53 Å². The van der Waals surface area contributed by atoms with Crippen LogP contribution >= 0.6 is 11.8 Å². The summed E-state index contributed by atoms with van der Waals surface area (Å²) in [5.41, 5.74) is 5.06. The van der Waals surface area contributed by atoms with Crippen LogP contribution in [0, 0.1) is 0 Å². The molecule has 2 aromatic carbocycles. The molecule has 1 fully saturated rings. The van der Waals surface area contributed by atoms with Crippen molar-refractivity contribution in [2.45, 2.75) is 44.0 Å². The molecule has 1 aliphatic heterocycles. The molecule has 2 N–H and O–H groups in total. The number of aryl methyl sites for hydroxylation is 1. The average molecular weight is 486 g/mol. The van der Waals surface area contributed by atoms with Gasteiger partial charge in [-0.05, 0) is 30.9 Å². The lowest BCUT2D eigenvalue weighted by Gasteiger charge is -2.14. The Morgan fingerprint density at radius 2 is 2.00 bits per heavy atom. The van der Waals surface area contributed by atoms with Gasteiger partial charge in [0.25, 0.3) is 0 Å². The van der Waals surface area contributed by atoms with Crippen molar-refractivity contribution in [2.75, 3.05) is 12.4 Å². The van der Waals surface area contributed by atoms with Gasteiger partial charge in [0.1, 0.15) is 0 Å². The number of hydrogen-bond donors (Lipinski definition) is 2. The van der Waals surface area contributed by atoms with Gasteiger partial charge >= 0.3 is 0 Å². The van der Waals surface area contributed by atoms with Crippen molar-refractivity contribution in [1.29, 1.82) is 0 Å². The minimum absolute atomic E-state index is 0.0785. The van der Waals surface area contributed by atoms with E-state index in [-0.39, 0.29) is 11.9 Å². The number of aromatic nitrogens is 5. The normalized spacial score (nSPS) is 16.0. The summed E-state index contributed by atoms with van der Waals surface area (Å²) >= 11 is 1.44. The van der Waals surface area contributed by atoms with E-state index >= 15 is 0 Å². The summed E-state index contributed by atoms with van der Waals surface area (Å²) in [6.07, 6.45) is 6.95. The number of benzene rings is 2. The van der Waals surface area contributed by atoms with Gasteiger partial charge in [-0.15, -0.1) is 10.2 Å². The van der Waals surface area contributed by atoms with E-state index < -0.39 is 0 Å². The number of carbonyl (C=O) groups is 1. The number of thioether (sulfide) groups is 1. The molecule has 1 saturated heterocycles. The zero-order chi connectivity index (χ0) is 23.8. The molecule has 0 aliphatic carbocycles. The molecule has 6 rings (SSSR count). The first-order valence-electron chi connectivity index (χ1n) is 12.1. The molecule has 0 amide bonds. The van der Waals surface area contributed by atoms with Crippen LogP contribution in [0.3, 0.4) is 0 Å². The first-order chi connectivity index (χ1) is 17.2. The van der Waals surface area contributed by atoms with E-state index in [0.717, 1.165) is 69.8 Å². The van der Waals surface area contributed by atoms with E-state index in [0.29, 0.717) is 12.3 Å². The Morgan fingerprint density at radius 3 is 2.86 bits per heavy atom. The van der Waals surface area contributed by atoms with Gasteiger partial charge < -0.3 is 14.7 Å². The summed E-state index contributed by atoms with van der Waals surface area (Å²) in [4.78, 5) is 19.9. The molecule has 0 spiro atoms. The zero-order valence-electron chi connectivity index (χ0n) is 19.6. The number of ether oxygens (including phenoxy) is 1. The molecule has 0 saturated carbocycles. The number of nitrogens with zero attached hydrogens (tertiary/aromatic N) is 3. The summed E-state index contributed by atoms with van der Waals surface area (Å²) in [5.74, 6) is 1.17. The molecule has 4 heterocycles. The Kier molecular flexibility index (Phi) is 5.91. The Hall–Kier alpha value is -3.36. The first kappa shape index (κ1) is 22.1. The van der Waals surface area contributed by atoms with Crippen molar-refractivity contribution in [3.63, 3.8) is 0 Å². The number of nitrogens with one attached hydrogen (secondary N) is 2. The smallest absolute Gasteiger partial charge is 0.192 e. The predicted octanol–water partition coefficient (Wildman–Crippen LogP) is 5.62. The number of ketones is 1. The standard InChI is InChI=1S/C27H27N5O2S/c1-2-17-7-5-10-20-21(13-29-25(17)20)24(33)16-35-27-31-30-26(32(27)15-18-8-6-12-34-18)22-14-28-23-11-4-3-9-19(22)23/h3-5,7,9-11,13-14,18,28-29H,2,6,8,12,15-16H2,1H3. The highest BCUT2D eigenvalue weighted by atomic mass is 32.2. The van der Waals surface area contributed by atoms with E-state index in [4.69, 9.17) is 4.74 Å². The lowest BCUT2D eigenvalue weighted by Crippen LogP contribution is -2.17. The summed E-state index contributed by atoms with van der Waals surface area (Å²) < 4.78 is 8.05. The van der Waals surface area contributed by atoms with E-state index in [9.17, 15) is 4.79 Å². The number of fused-ring (bicyclic) bond motifs is 2. The van der Waals surface area contributed by atoms with Crippen LogP contribution in [-0.4, -0.2) is 49.0 Å². The fourth-order valence-corrected chi connectivity index (χ4v) is 5.79. The van der Waals surface area contributed by atoms with E-state index in [2.05, 4.69) is 49.9 Å². The molecule has 35 heavy (non-hydrogen) atoms. The topological polar surface area (TPSA) is 88.6 Å². The number of para-hydroxylation sites is 2. The van der Waals surface area contributed by atoms with Crippen molar-refractivity contribution in [3.8, 4) is 11.4 Å². The number of aromatic amines is 2. The van der Waals surface area contributed by atoms with Crippen molar-refractivity contribution >= 4 is 39.4 Å². The second-order valence-electron chi connectivity index (χ2n) is 8.91. The van der Waals surface area contributed by atoms with Gasteiger partial charge in [-0.2, -0.15) is 0 Å². The van der Waals surface area contributed by atoms with Crippen molar-refractivity contribution in [1.82, 2.24) is 24.7 Å². The molecule has 8 heteroatoms. The van der Waals surface area contributed by atoms with E-state index in [1.54, 1.807) is 0 Å². The second kappa shape index (κ2) is 9.36. The highest BCUT2D eigenvalue weighted by molar-refractivity contribution is 7.99. The first-order valence-corrected chi connectivity index (χ1v) is 13.1. The molecular formula is C27H27N5O2S. The maximum Gasteiger partial charge on any atom is 0.192 e. The van der Waals surface area contributed by atoms with Crippen LogP contribution in [0.5, 0.6) is 0 Å². The van der Waals surface area contributed by atoms with Crippen LogP contribution < -0.4 is 0 Å². The van der Waals surface area contributed by atoms with Crippen LogP contribution in [0.15, 0.2) is 60.0 Å². The van der Waals surface area contributed by atoms with Crippen LogP contribution in [0.1, 0.15) is 35.7 Å². The number of carbonyl (C=O) groups excluding carboxylic acids is 1. The van der Waals surface area contributed by atoms with Gasteiger partial charge in [0.15, 0.2) is 16.8 Å². The molecule has 3 aromatic heterocycles. The SMILES string of the molecule is CCc1cccc2c(C(=O)CSc3nnc(-c4c[nH]c5ccccc45)n3CC3CCCO3)c[nH]c12. The lowest BCUT2D eigenvalue weighted by molar-refractivity contribution is 0.0953. The number of H-pyrrole nitrogens is 2. The van der Waals surface area contributed by atoms with Crippen LogP contribution in [0.25, 0.3) is 33.2 Å². The minimum atomic E-state index is 0.0785. The Morgan fingerprint density at radius 1 is 1.11 bits per heavy atom. The van der Waals surface area contributed by atoms with Gasteiger partial charge in [0, 0.05) is 51.9 Å². The largest absolute Gasteiger partial charge is 0.376 e. The van der Waals surface area contributed by atoms with Gasteiger partial charge in [-0.1, -0.05) is 55.1 Å². The average Bonchev–Trinajstić information content (AvgIpc) is 3.69. The quantitative estimate of drug-likeness (QED) is 0.220. The summed E-state index contributed by atoms with van der Waals surface area (Å²) in [7, 11) is 0. The zero-order valence-corrected chi connectivity index (χ0v) is 20.4. The van der Waals surface area contributed by atoms with Gasteiger partial charge in [0.2, 0.25) is 0 Å². The Bertz CT molecular complexity index is 1510. The number of rotatable bonds is 8. The molecule has 1 unspecified atom stereocenters. The van der Waals surface area contributed by atoms with Crippen molar-refractivity contribution in [2.24, 2.45) is 0 Å². The van der Waals surface area contributed by atoms with Gasteiger partial charge in [-0.3, -0.25) is 9.36 Å². The van der Waals surface area contributed by atoms with E-state index in [1.165, 1.54) is 17.3 Å². The minimum Gasteiger partial charge on any atom is -0.376 e. The van der Waals surface area contributed by atoms with Crippen LogP contribution in [0.4, 0.5) is 0 Å². The third-order valence-corrected chi connectivity index (χ3v) is 7.74. The summed E-state index contributed by atoms with van der Waals surface area (Å²) in [5, 5.41) is 11.9. The summed E-state index contributed by atoms with van der Waals surface area (Å²) in [6.45, 7) is 3.58. The van der Waals surface area contributed by atoms with E-state index in [1.807, 2.05) is 36.7 Å². The van der Waals surface area contributed by atoms with Crippen LogP contribution in [0.2, 0.25) is 0 Å². The maximum absolute atomic E-state index is 13.2. The second-order valence-corrected chi connectivity index (χ2v) is 9.85. The Labute approximate surface area is 207 Å². The molecule has 1 atom stereocenters. The fourth-order valence-electron chi connectivity index (χ4n) is 4.96. The molecule has 1 aliphatic rings. The predicted molar refractivity (Wildman–Crippen MR) is 139 cm³/mol. The molecule has 0 bridgehead atoms. The third kappa shape index (κ3) is 4.06. The summed E-state index contributed by atoms with van der Waals surface area (Å²) in [6, 6.07) is 14.3. The molecule has 5 aromatic rings. The van der Waals surface area contributed by atoms with Crippen LogP contribution in [-0.2, 0) is 17.7 Å². The number of Topliss-reactive ketones (excluding diaryl/α,β-unsaturated/α-hetero) is 1. The highest BCUT2D eigenvalue weighted by Crippen LogP contribution is 2.32. The molecular weight excluding hydrogens is 458 g/mol.